The van der Waals surface area contributed by atoms with Crippen LogP contribution in [0.4, 0.5) is 0 Å². The lowest BCUT2D eigenvalue weighted by Crippen LogP contribution is -2.40. The van der Waals surface area contributed by atoms with Gasteiger partial charge in [0.25, 0.3) is 0 Å². The van der Waals surface area contributed by atoms with Gasteiger partial charge in [-0.1, -0.05) is 39.4 Å². The highest BCUT2D eigenvalue weighted by Crippen LogP contribution is 2.38. The molecule has 0 amide bonds. The Hall–Kier alpha value is -0.150. The van der Waals surface area contributed by atoms with Gasteiger partial charge in [-0.25, -0.2) is 0 Å². The lowest BCUT2D eigenvalue weighted by molar-refractivity contribution is 0.190. The summed E-state index contributed by atoms with van der Waals surface area (Å²) in [5, 5.41) is 3.31. The fraction of sp³-hybridized carbons (Fsp3) is 0.923. The number of nitrogens with one attached hydrogen (secondary N) is 1. The average molecular weight is 242 g/mol. The van der Waals surface area contributed by atoms with Gasteiger partial charge in [-0.2, -0.15) is 0 Å². The number of nitrogens with two attached hydrogens (primary N) is 1. The van der Waals surface area contributed by atoms with E-state index < -0.39 is 0 Å². The van der Waals surface area contributed by atoms with Crippen molar-refractivity contribution in [1.82, 2.24) is 5.32 Å². The second-order valence-corrected chi connectivity index (χ2v) is 5.95. The summed E-state index contributed by atoms with van der Waals surface area (Å²) < 4.78 is 0. The van der Waals surface area contributed by atoms with E-state index in [0.717, 1.165) is 29.3 Å². The number of hydrogen-bond acceptors (Lipinski definition) is 2. The highest BCUT2D eigenvalue weighted by molar-refractivity contribution is 7.80. The van der Waals surface area contributed by atoms with Gasteiger partial charge in [0.15, 0.2) is 0 Å². The van der Waals surface area contributed by atoms with Crippen molar-refractivity contribution in [2.75, 3.05) is 13.1 Å². The van der Waals surface area contributed by atoms with E-state index in [-0.39, 0.29) is 0 Å². The van der Waals surface area contributed by atoms with Crippen LogP contribution in [0.1, 0.15) is 40.0 Å². The molecule has 0 unspecified atom stereocenters. The van der Waals surface area contributed by atoms with Gasteiger partial charge < -0.3 is 11.1 Å². The Balaban J connectivity index is 2.59. The Morgan fingerprint density at radius 3 is 2.69 bits per heavy atom. The molecule has 1 saturated carbocycles. The molecular formula is C13H26N2S. The van der Waals surface area contributed by atoms with Crippen LogP contribution in [0.25, 0.3) is 0 Å². The first-order valence-corrected chi connectivity index (χ1v) is 6.94. The van der Waals surface area contributed by atoms with Crippen LogP contribution in [0.2, 0.25) is 0 Å². The molecule has 0 heterocycles. The molecule has 3 N–H and O–H groups in total. The van der Waals surface area contributed by atoms with Crippen LogP contribution in [-0.2, 0) is 0 Å². The summed E-state index contributed by atoms with van der Waals surface area (Å²) in [6.45, 7) is 8.46. The van der Waals surface area contributed by atoms with Crippen LogP contribution in [0.5, 0.6) is 0 Å². The fourth-order valence-corrected chi connectivity index (χ4v) is 3.20. The van der Waals surface area contributed by atoms with Gasteiger partial charge in [0, 0.05) is 19.0 Å². The van der Waals surface area contributed by atoms with E-state index in [2.05, 4.69) is 26.1 Å². The number of rotatable bonds is 4. The Morgan fingerprint density at radius 2 is 2.12 bits per heavy atom. The molecule has 94 valence electrons. The molecule has 1 fully saturated rings. The lowest BCUT2D eigenvalue weighted by Gasteiger charge is -2.37. The molecule has 0 saturated heterocycles. The molecule has 1 aliphatic carbocycles. The Labute approximate surface area is 105 Å². The second-order valence-electron chi connectivity index (χ2n) is 5.51. The minimum absolute atomic E-state index is 0.574. The Kier molecular flexibility index (Phi) is 5.70. The summed E-state index contributed by atoms with van der Waals surface area (Å²) in [5.41, 5.74) is 5.51. The van der Waals surface area contributed by atoms with Crippen LogP contribution in [0.3, 0.4) is 0 Å². The minimum Gasteiger partial charge on any atom is -0.378 e. The first-order valence-electron chi connectivity index (χ1n) is 6.54. The van der Waals surface area contributed by atoms with Crippen molar-refractivity contribution in [3.05, 3.63) is 0 Å². The third-order valence-corrected chi connectivity index (χ3v) is 4.25. The molecule has 16 heavy (non-hydrogen) atoms. The standard InChI is InChI=1S/C13H26N2S/c1-9(2)11-5-4-10(3)8-12(11)13(16)15-7-6-14/h9-12H,4-8,14H2,1-3H3,(H,15,16)/t10-,11+,12-/m1/s1. The second kappa shape index (κ2) is 6.55. The monoisotopic (exact) mass is 242 g/mol. The van der Waals surface area contributed by atoms with Crippen LogP contribution in [-0.4, -0.2) is 18.1 Å². The third-order valence-electron chi connectivity index (χ3n) is 3.80. The van der Waals surface area contributed by atoms with Gasteiger partial charge >= 0.3 is 0 Å². The molecule has 1 aliphatic rings. The maximum absolute atomic E-state index is 5.52. The van der Waals surface area contributed by atoms with E-state index in [1.54, 1.807) is 0 Å². The first-order chi connectivity index (χ1) is 7.56. The van der Waals surface area contributed by atoms with Crippen LogP contribution in [0.15, 0.2) is 0 Å². The van der Waals surface area contributed by atoms with Crippen LogP contribution >= 0.6 is 12.2 Å². The maximum atomic E-state index is 5.52. The summed E-state index contributed by atoms with van der Waals surface area (Å²) >= 11 is 5.52. The summed E-state index contributed by atoms with van der Waals surface area (Å²) in [5.74, 6) is 2.88. The van der Waals surface area contributed by atoms with Gasteiger partial charge in [0.05, 0.1) is 4.99 Å². The van der Waals surface area contributed by atoms with Gasteiger partial charge in [-0.3, -0.25) is 0 Å². The maximum Gasteiger partial charge on any atom is 0.0788 e. The molecule has 1 rings (SSSR count). The predicted molar refractivity (Wildman–Crippen MR) is 74.5 cm³/mol. The molecule has 0 aromatic carbocycles. The summed E-state index contributed by atoms with van der Waals surface area (Å²) in [6.07, 6.45) is 3.94. The topological polar surface area (TPSA) is 38.0 Å². The Bertz CT molecular complexity index is 228. The normalized spacial score (nSPS) is 30.4. The summed E-state index contributed by atoms with van der Waals surface area (Å²) in [4.78, 5) is 1.05. The zero-order valence-electron chi connectivity index (χ0n) is 10.8. The van der Waals surface area contributed by atoms with Crippen molar-refractivity contribution in [2.45, 2.75) is 40.0 Å². The molecule has 0 aliphatic heterocycles. The lowest BCUT2D eigenvalue weighted by atomic mass is 9.70. The Morgan fingerprint density at radius 1 is 1.44 bits per heavy atom. The highest BCUT2D eigenvalue weighted by atomic mass is 32.1. The minimum atomic E-state index is 0.574. The largest absolute Gasteiger partial charge is 0.378 e. The van der Waals surface area contributed by atoms with E-state index in [1.165, 1.54) is 19.3 Å². The molecule has 0 aromatic rings. The van der Waals surface area contributed by atoms with E-state index in [4.69, 9.17) is 18.0 Å². The molecule has 2 nitrogen and oxygen atoms in total. The molecule has 0 aromatic heterocycles. The number of hydrogen-bond donors (Lipinski definition) is 2. The molecule has 0 bridgehead atoms. The zero-order valence-corrected chi connectivity index (χ0v) is 11.6. The van der Waals surface area contributed by atoms with Gasteiger partial charge in [0.1, 0.15) is 0 Å². The molecule has 0 spiro atoms. The van der Waals surface area contributed by atoms with Crippen molar-refractivity contribution in [3.8, 4) is 0 Å². The van der Waals surface area contributed by atoms with Crippen molar-refractivity contribution in [2.24, 2.45) is 29.4 Å². The highest BCUT2D eigenvalue weighted by Gasteiger charge is 2.32. The first kappa shape index (κ1) is 13.9. The van der Waals surface area contributed by atoms with E-state index in [1.807, 2.05) is 0 Å². The van der Waals surface area contributed by atoms with Gasteiger partial charge in [-0.15, -0.1) is 0 Å². The van der Waals surface area contributed by atoms with E-state index in [0.29, 0.717) is 12.5 Å². The van der Waals surface area contributed by atoms with E-state index >= 15 is 0 Å². The molecular weight excluding hydrogens is 216 g/mol. The summed E-state index contributed by atoms with van der Waals surface area (Å²) in [7, 11) is 0. The SMILES string of the molecule is CC(C)[C@@H]1CC[C@@H](C)C[C@H]1C(=S)NCCN. The molecule has 3 heteroatoms. The molecule has 3 atom stereocenters. The van der Waals surface area contributed by atoms with Crippen molar-refractivity contribution < 1.29 is 0 Å². The predicted octanol–water partition coefficient (Wildman–Crippen LogP) is 2.57. The zero-order chi connectivity index (χ0) is 12.1. The fourth-order valence-electron chi connectivity index (χ4n) is 2.83. The van der Waals surface area contributed by atoms with Crippen LogP contribution in [0, 0.1) is 23.7 Å². The van der Waals surface area contributed by atoms with Crippen molar-refractivity contribution in [3.63, 3.8) is 0 Å². The smallest absolute Gasteiger partial charge is 0.0788 e. The van der Waals surface area contributed by atoms with Gasteiger partial charge in [-0.05, 0) is 30.6 Å². The average Bonchev–Trinajstić information content (AvgIpc) is 2.25. The third kappa shape index (κ3) is 3.70. The van der Waals surface area contributed by atoms with Gasteiger partial charge in [0.2, 0.25) is 0 Å². The van der Waals surface area contributed by atoms with E-state index in [9.17, 15) is 0 Å². The summed E-state index contributed by atoms with van der Waals surface area (Å²) in [6, 6.07) is 0. The van der Waals surface area contributed by atoms with Crippen molar-refractivity contribution in [1.29, 1.82) is 0 Å². The molecule has 0 radical (unpaired) electrons. The number of thiocarbonyl (C=S) groups is 1. The quantitative estimate of drug-likeness (QED) is 0.744. The van der Waals surface area contributed by atoms with Crippen molar-refractivity contribution >= 4 is 17.2 Å². The van der Waals surface area contributed by atoms with Crippen LogP contribution < -0.4 is 11.1 Å².